The van der Waals surface area contributed by atoms with Crippen LogP contribution in [0, 0.1) is 17.1 Å². The van der Waals surface area contributed by atoms with Crippen LogP contribution in [-0.4, -0.2) is 30.5 Å². The minimum absolute atomic E-state index is 0.0737. The lowest BCUT2D eigenvalue weighted by molar-refractivity contribution is -0.129. The Labute approximate surface area is 167 Å². The number of nitrogens with zero attached hydrogens (tertiary/aromatic N) is 3. The maximum Gasteiger partial charge on any atom is 0.229 e. The number of thioether (sulfide) groups is 1. The molecule has 2 aliphatic rings. The van der Waals surface area contributed by atoms with E-state index in [1.165, 1.54) is 17.8 Å². The molecule has 28 heavy (non-hydrogen) atoms. The SMILES string of the molecule is COc1cccc([C@@H]2CC(=O)N3CN(c4ccccc4F)CSC3=C2C#N)c1. The van der Waals surface area contributed by atoms with Crippen molar-refractivity contribution >= 4 is 23.4 Å². The summed E-state index contributed by atoms with van der Waals surface area (Å²) in [5.74, 6) is 0.462. The summed E-state index contributed by atoms with van der Waals surface area (Å²) in [7, 11) is 1.59. The van der Waals surface area contributed by atoms with E-state index in [-0.39, 0.29) is 30.7 Å². The van der Waals surface area contributed by atoms with Gasteiger partial charge in [-0.3, -0.25) is 9.69 Å². The number of hydrogen-bond donors (Lipinski definition) is 0. The van der Waals surface area contributed by atoms with Crippen LogP contribution in [0.4, 0.5) is 10.1 Å². The van der Waals surface area contributed by atoms with Gasteiger partial charge in [0.25, 0.3) is 0 Å². The number of fused-ring (bicyclic) bond motifs is 1. The van der Waals surface area contributed by atoms with Crippen LogP contribution >= 0.6 is 11.8 Å². The van der Waals surface area contributed by atoms with Crippen LogP contribution in [0.25, 0.3) is 0 Å². The Kier molecular flexibility index (Phi) is 4.97. The third-order valence-electron chi connectivity index (χ3n) is 4.98. The fraction of sp³-hybridized carbons (Fsp3) is 0.238. The third kappa shape index (κ3) is 3.20. The average molecular weight is 395 g/mol. The Morgan fingerprint density at radius 2 is 2.07 bits per heavy atom. The summed E-state index contributed by atoms with van der Waals surface area (Å²) < 4.78 is 19.4. The van der Waals surface area contributed by atoms with Crippen LogP contribution in [-0.2, 0) is 4.79 Å². The molecule has 2 aromatic carbocycles. The van der Waals surface area contributed by atoms with Crippen LogP contribution in [0.1, 0.15) is 17.9 Å². The molecule has 0 aliphatic carbocycles. The van der Waals surface area contributed by atoms with Gasteiger partial charge in [0, 0.05) is 12.3 Å². The van der Waals surface area contributed by atoms with E-state index in [1.54, 1.807) is 30.2 Å². The molecule has 5 nitrogen and oxygen atoms in total. The summed E-state index contributed by atoms with van der Waals surface area (Å²) in [5, 5.41) is 10.5. The topological polar surface area (TPSA) is 56.6 Å². The summed E-state index contributed by atoms with van der Waals surface area (Å²) in [4.78, 5) is 16.3. The first-order valence-corrected chi connectivity index (χ1v) is 9.81. The molecule has 2 aromatic rings. The van der Waals surface area contributed by atoms with Gasteiger partial charge in [0.15, 0.2) is 0 Å². The van der Waals surface area contributed by atoms with E-state index >= 15 is 0 Å². The number of methoxy groups -OCH3 is 1. The minimum atomic E-state index is -0.324. The predicted molar refractivity (Wildman–Crippen MR) is 106 cm³/mol. The van der Waals surface area contributed by atoms with Crippen LogP contribution in [0.2, 0.25) is 0 Å². The van der Waals surface area contributed by atoms with Gasteiger partial charge < -0.3 is 9.64 Å². The van der Waals surface area contributed by atoms with Crippen molar-refractivity contribution in [3.8, 4) is 11.8 Å². The van der Waals surface area contributed by atoms with Crippen LogP contribution in [0.5, 0.6) is 5.75 Å². The second-order valence-electron chi connectivity index (χ2n) is 6.59. The van der Waals surface area contributed by atoms with Crippen LogP contribution in [0.15, 0.2) is 59.1 Å². The lowest BCUT2D eigenvalue weighted by Crippen LogP contribution is -2.47. The normalized spacial score (nSPS) is 19.3. The van der Waals surface area contributed by atoms with Crippen LogP contribution < -0.4 is 9.64 Å². The second-order valence-corrected chi connectivity index (χ2v) is 7.53. The molecule has 0 aromatic heterocycles. The van der Waals surface area contributed by atoms with E-state index in [9.17, 15) is 14.4 Å². The number of amides is 1. The number of carbonyl (C=O) groups is 1. The molecule has 2 heterocycles. The van der Waals surface area contributed by atoms with E-state index < -0.39 is 0 Å². The molecule has 1 amide bonds. The number of para-hydroxylation sites is 1. The van der Waals surface area contributed by atoms with Crippen molar-refractivity contribution < 1.29 is 13.9 Å². The highest BCUT2D eigenvalue weighted by Gasteiger charge is 2.38. The molecule has 1 saturated heterocycles. The highest BCUT2D eigenvalue weighted by molar-refractivity contribution is 8.03. The Morgan fingerprint density at radius 1 is 1.25 bits per heavy atom. The Bertz CT molecular complexity index is 1000. The molecule has 0 saturated carbocycles. The first kappa shape index (κ1) is 18.4. The quantitative estimate of drug-likeness (QED) is 0.785. The molecule has 0 N–H and O–H groups in total. The Morgan fingerprint density at radius 3 is 2.82 bits per heavy atom. The number of nitriles is 1. The monoisotopic (exact) mass is 395 g/mol. The summed E-state index contributed by atoms with van der Waals surface area (Å²) in [6.07, 6.45) is 0.200. The highest BCUT2D eigenvalue weighted by Crippen LogP contribution is 2.43. The Balaban J connectivity index is 1.68. The minimum Gasteiger partial charge on any atom is -0.497 e. The number of rotatable bonds is 3. The molecule has 142 valence electrons. The van der Waals surface area contributed by atoms with Crippen molar-refractivity contribution in [3.63, 3.8) is 0 Å². The fourth-order valence-electron chi connectivity index (χ4n) is 3.57. The zero-order valence-corrected chi connectivity index (χ0v) is 16.1. The predicted octanol–water partition coefficient (Wildman–Crippen LogP) is 4.05. The van der Waals surface area contributed by atoms with Crippen LogP contribution in [0.3, 0.4) is 0 Å². The number of carbonyl (C=O) groups excluding carboxylic acids is 1. The number of hydrogen-bond acceptors (Lipinski definition) is 5. The first-order chi connectivity index (χ1) is 13.6. The van der Waals surface area contributed by atoms with Crippen molar-refractivity contribution in [2.45, 2.75) is 12.3 Å². The van der Waals surface area contributed by atoms with E-state index in [0.717, 1.165) is 5.56 Å². The number of benzene rings is 2. The van der Waals surface area contributed by atoms with Gasteiger partial charge in [-0.1, -0.05) is 36.0 Å². The van der Waals surface area contributed by atoms with E-state index in [0.29, 0.717) is 27.9 Å². The summed E-state index contributed by atoms with van der Waals surface area (Å²) in [6.45, 7) is 0.234. The molecular weight excluding hydrogens is 377 g/mol. The lowest BCUT2D eigenvalue weighted by Gasteiger charge is -2.42. The molecular formula is C21H18FN3O2S. The molecule has 0 spiro atoms. The van der Waals surface area contributed by atoms with Crippen molar-refractivity contribution in [1.29, 1.82) is 5.26 Å². The van der Waals surface area contributed by atoms with Crippen molar-refractivity contribution in [3.05, 3.63) is 70.5 Å². The van der Waals surface area contributed by atoms with Gasteiger partial charge in [0.1, 0.15) is 11.6 Å². The van der Waals surface area contributed by atoms with Gasteiger partial charge in [-0.25, -0.2) is 4.39 Å². The third-order valence-corrected chi connectivity index (χ3v) is 6.14. The number of allylic oxidation sites excluding steroid dienone is 1. The summed E-state index contributed by atoms with van der Waals surface area (Å²) >= 11 is 1.39. The molecule has 4 rings (SSSR count). The maximum atomic E-state index is 14.2. The van der Waals surface area contributed by atoms with Gasteiger partial charge >= 0.3 is 0 Å². The van der Waals surface area contributed by atoms with Gasteiger partial charge in [-0.15, -0.1) is 0 Å². The molecule has 1 atom stereocenters. The van der Waals surface area contributed by atoms with Gasteiger partial charge in [-0.2, -0.15) is 5.26 Å². The van der Waals surface area contributed by atoms with E-state index in [4.69, 9.17) is 4.74 Å². The van der Waals surface area contributed by atoms with Gasteiger partial charge in [-0.05, 0) is 29.8 Å². The zero-order chi connectivity index (χ0) is 19.7. The Hall–Kier alpha value is -2.98. The van der Waals surface area contributed by atoms with Crippen molar-refractivity contribution in [1.82, 2.24) is 4.90 Å². The molecule has 0 radical (unpaired) electrons. The largest absolute Gasteiger partial charge is 0.497 e. The smallest absolute Gasteiger partial charge is 0.229 e. The van der Waals surface area contributed by atoms with Crippen molar-refractivity contribution in [2.75, 3.05) is 24.6 Å². The number of anilines is 1. The second kappa shape index (κ2) is 7.56. The maximum absolute atomic E-state index is 14.2. The molecule has 1 fully saturated rings. The first-order valence-electron chi connectivity index (χ1n) is 8.83. The summed E-state index contributed by atoms with van der Waals surface area (Å²) in [5.41, 5.74) is 1.91. The molecule has 2 aliphatic heterocycles. The number of ether oxygens (including phenoxy) is 1. The molecule has 0 bridgehead atoms. The highest BCUT2D eigenvalue weighted by atomic mass is 32.2. The molecule has 0 unspecified atom stereocenters. The van der Waals surface area contributed by atoms with Gasteiger partial charge in [0.05, 0.1) is 42.0 Å². The lowest BCUT2D eigenvalue weighted by atomic mass is 9.86. The average Bonchev–Trinajstić information content (AvgIpc) is 2.74. The molecule has 7 heteroatoms. The number of halogens is 1. The zero-order valence-electron chi connectivity index (χ0n) is 15.3. The van der Waals surface area contributed by atoms with E-state index in [1.807, 2.05) is 29.2 Å². The van der Waals surface area contributed by atoms with E-state index in [2.05, 4.69) is 6.07 Å². The van der Waals surface area contributed by atoms with Crippen molar-refractivity contribution in [2.24, 2.45) is 0 Å². The van der Waals surface area contributed by atoms with Gasteiger partial charge in [0.2, 0.25) is 5.91 Å². The fourth-order valence-corrected chi connectivity index (χ4v) is 4.72. The standard InChI is InChI=1S/C21H18FN3O2S/c1-27-15-6-4-5-14(9-15)16-10-20(26)25-12-24(13-28-21(25)17(16)11-23)19-8-3-2-7-18(19)22/h2-9,16H,10,12-13H2,1H3/t16-/m0/s1. The summed E-state index contributed by atoms with van der Waals surface area (Å²) in [6, 6.07) is 16.3.